The van der Waals surface area contributed by atoms with E-state index in [2.05, 4.69) is 20.9 Å². The molecule has 1 rings (SSSR count). The molecule has 0 aromatic heterocycles. The fraction of sp³-hybridized carbons (Fsp3) is 0.867. The molecule has 1 fully saturated rings. The Hall–Kier alpha value is -1.56. The van der Waals surface area contributed by atoms with Gasteiger partial charge < -0.3 is 16.0 Å². The number of guanidine groups is 1. The van der Waals surface area contributed by atoms with Gasteiger partial charge in [0.2, 0.25) is 5.91 Å². The summed E-state index contributed by atoms with van der Waals surface area (Å²) in [6.07, 6.45) is 0.645. The molecule has 12 heteroatoms. The first-order valence-electron chi connectivity index (χ1n) is 8.58. The fourth-order valence-corrected chi connectivity index (χ4v) is 3.67. The quantitative estimate of drug-likeness (QED) is 0.433. The molecule has 0 unspecified atom stereocenters. The highest BCUT2D eigenvalue weighted by Crippen LogP contribution is 2.30. The van der Waals surface area contributed by atoms with Gasteiger partial charge in [0.1, 0.15) is 0 Å². The predicted molar refractivity (Wildman–Crippen MR) is 96.5 cm³/mol. The van der Waals surface area contributed by atoms with E-state index in [0.717, 1.165) is 0 Å². The molecular formula is C15H28F3N5O3S. The monoisotopic (exact) mass is 415 g/mol. The summed E-state index contributed by atoms with van der Waals surface area (Å²) in [6, 6.07) is 0. The van der Waals surface area contributed by atoms with Gasteiger partial charge >= 0.3 is 15.5 Å². The molecule has 1 aliphatic heterocycles. The second kappa shape index (κ2) is 9.09. The number of halogens is 3. The first-order chi connectivity index (χ1) is 12.3. The van der Waals surface area contributed by atoms with Crippen molar-refractivity contribution in [1.29, 1.82) is 0 Å². The van der Waals surface area contributed by atoms with Crippen molar-refractivity contribution < 1.29 is 26.4 Å². The third-order valence-electron chi connectivity index (χ3n) is 4.53. The largest absolute Gasteiger partial charge is 0.511 e. The molecular weight excluding hydrogens is 387 g/mol. The van der Waals surface area contributed by atoms with Crippen LogP contribution in [0.5, 0.6) is 0 Å². The zero-order chi connectivity index (χ0) is 20.9. The maximum Gasteiger partial charge on any atom is 0.511 e. The number of aliphatic imine (C=N–C) groups is 1. The number of carbonyl (C=O) groups is 1. The Balaban J connectivity index is 2.47. The second-order valence-electron chi connectivity index (χ2n) is 7.06. The van der Waals surface area contributed by atoms with Crippen molar-refractivity contribution in [2.24, 2.45) is 16.3 Å². The summed E-state index contributed by atoms with van der Waals surface area (Å²) in [7, 11) is -2.13. The van der Waals surface area contributed by atoms with Gasteiger partial charge in [-0.3, -0.25) is 9.79 Å². The van der Waals surface area contributed by atoms with Crippen LogP contribution in [0.1, 0.15) is 26.7 Å². The van der Waals surface area contributed by atoms with E-state index in [1.165, 1.54) is 0 Å². The molecule has 0 saturated carbocycles. The molecule has 0 spiro atoms. The second-order valence-corrected chi connectivity index (χ2v) is 8.99. The molecule has 158 valence electrons. The Morgan fingerprint density at radius 1 is 1.19 bits per heavy atom. The van der Waals surface area contributed by atoms with E-state index in [-0.39, 0.29) is 24.9 Å². The van der Waals surface area contributed by atoms with E-state index in [1.54, 1.807) is 27.9 Å². The number of alkyl halides is 3. The van der Waals surface area contributed by atoms with Crippen LogP contribution in [-0.2, 0) is 14.8 Å². The minimum absolute atomic E-state index is 0.0233. The number of hydrogen-bond acceptors (Lipinski definition) is 4. The third-order valence-corrected chi connectivity index (χ3v) is 6.16. The normalized spacial score (nSPS) is 18.3. The summed E-state index contributed by atoms with van der Waals surface area (Å²) in [4.78, 5) is 15.8. The van der Waals surface area contributed by atoms with E-state index in [4.69, 9.17) is 0 Å². The summed E-state index contributed by atoms with van der Waals surface area (Å²) < 4.78 is 61.1. The lowest BCUT2D eigenvalue weighted by atomic mass is 9.92. The minimum atomic E-state index is -5.26. The number of nitrogens with one attached hydrogen (secondary N) is 3. The van der Waals surface area contributed by atoms with E-state index in [9.17, 15) is 26.4 Å². The smallest absolute Gasteiger partial charge is 0.359 e. The van der Waals surface area contributed by atoms with Gasteiger partial charge in [-0.05, 0) is 32.6 Å². The van der Waals surface area contributed by atoms with Crippen LogP contribution in [0.2, 0.25) is 0 Å². The molecule has 27 heavy (non-hydrogen) atoms. The van der Waals surface area contributed by atoms with E-state index in [0.29, 0.717) is 36.2 Å². The molecule has 0 atom stereocenters. The van der Waals surface area contributed by atoms with E-state index >= 15 is 0 Å². The molecule has 1 heterocycles. The van der Waals surface area contributed by atoms with Crippen LogP contribution in [0.25, 0.3) is 0 Å². The molecule has 1 saturated heterocycles. The number of carbonyl (C=O) groups excluding carboxylic acids is 1. The van der Waals surface area contributed by atoms with Crippen LogP contribution in [0.3, 0.4) is 0 Å². The third kappa shape index (κ3) is 6.23. The number of sulfonamides is 1. The Kier molecular flexibility index (Phi) is 7.90. The average molecular weight is 415 g/mol. The molecule has 0 aromatic rings. The van der Waals surface area contributed by atoms with Gasteiger partial charge in [-0.2, -0.15) is 17.5 Å². The summed E-state index contributed by atoms with van der Waals surface area (Å²) in [5, 5.41) is 8.69. The zero-order valence-electron chi connectivity index (χ0n) is 16.0. The Morgan fingerprint density at radius 2 is 1.74 bits per heavy atom. The van der Waals surface area contributed by atoms with Crippen molar-refractivity contribution in [3.63, 3.8) is 0 Å². The van der Waals surface area contributed by atoms with Gasteiger partial charge in [0.25, 0.3) is 0 Å². The van der Waals surface area contributed by atoms with Crippen LogP contribution in [0, 0.1) is 11.3 Å². The number of rotatable bonds is 6. The van der Waals surface area contributed by atoms with Gasteiger partial charge in [-0.1, -0.05) is 0 Å². The lowest BCUT2D eigenvalue weighted by Gasteiger charge is -2.32. The fourth-order valence-electron chi connectivity index (χ4n) is 2.69. The van der Waals surface area contributed by atoms with Gasteiger partial charge in [0.05, 0.1) is 5.41 Å². The lowest BCUT2D eigenvalue weighted by Crippen LogP contribution is -2.49. The summed E-state index contributed by atoms with van der Waals surface area (Å²) >= 11 is 0. The van der Waals surface area contributed by atoms with Crippen molar-refractivity contribution in [2.75, 3.05) is 40.3 Å². The summed E-state index contributed by atoms with van der Waals surface area (Å²) in [6.45, 7) is 4.02. The van der Waals surface area contributed by atoms with Crippen molar-refractivity contribution in [1.82, 2.24) is 20.3 Å². The van der Waals surface area contributed by atoms with Crippen molar-refractivity contribution in [3.8, 4) is 0 Å². The highest BCUT2D eigenvalue weighted by molar-refractivity contribution is 7.90. The predicted octanol–water partition coefficient (Wildman–Crippen LogP) is 0.485. The minimum Gasteiger partial charge on any atom is -0.359 e. The first-order valence-corrected chi connectivity index (χ1v) is 10.0. The molecule has 3 N–H and O–H groups in total. The maximum atomic E-state index is 12.6. The number of piperidine rings is 1. The molecule has 1 amide bonds. The van der Waals surface area contributed by atoms with Crippen LogP contribution >= 0.6 is 0 Å². The molecule has 0 bridgehead atoms. The molecule has 0 aromatic carbocycles. The standard InChI is InChI=1S/C15H28F3N5O3S/c1-14(2,12(24)19-3)10-22-13(20-4)21-9-11-5-7-23(8-6-11)27(25,26)15(16,17)18/h11H,5-10H2,1-4H3,(H,19,24)(H2,20,21,22). The van der Waals surface area contributed by atoms with Crippen LogP contribution in [0.4, 0.5) is 13.2 Å². The number of nitrogens with zero attached hydrogens (tertiary/aromatic N) is 2. The lowest BCUT2D eigenvalue weighted by molar-refractivity contribution is -0.128. The van der Waals surface area contributed by atoms with Gasteiger partial charge in [0, 0.05) is 40.3 Å². The highest BCUT2D eigenvalue weighted by atomic mass is 32.2. The molecule has 0 aliphatic carbocycles. The van der Waals surface area contributed by atoms with Crippen LogP contribution < -0.4 is 16.0 Å². The molecule has 8 nitrogen and oxygen atoms in total. The average Bonchev–Trinajstić information content (AvgIpc) is 2.60. The Morgan fingerprint density at radius 3 is 2.19 bits per heavy atom. The SMILES string of the molecule is CN=C(NCC1CCN(S(=O)(=O)C(F)(F)F)CC1)NCC(C)(C)C(=O)NC. The van der Waals surface area contributed by atoms with Crippen molar-refractivity contribution >= 4 is 21.9 Å². The Bertz CT molecular complexity index is 642. The molecule has 1 aliphatic rings. The zero-order valence-corrected chi connectivity index (χ0v) is 16.8. The topological polar surface area (TPSA) is 103 Å². The summed E-state index contributed by atoms with van der Waals surface area (Å²) in [5.74, 6) is 0.371. The molecule has 0 radical (unpaired) electrons. The van der Waals surface area contributed by atoms with Crippen molar-refractivity contribution in [3.05, 3.63) is 0 Å². The van der Waals surface area contributed by atoms with Crippen molar-refractivity contribution in [2.45, 2.75) is 32.2 Å². The maximum absolute atomic E-state index is 12.6. The van der Waals surface area contributed by atoms with Gasteiger partial charge in [0.15, 0.2) is 5.96 Å². The number of amides is 1. The van der Waals surface area contributed by atoms with E-state index in [1.807, 2.05) is 0 Å². The number of hydrogen-bond donors (Lipinski definition) is 3. The highest BCUT2D eigenvalue weighted by Gasteiger charge is 2.50. The first kappa shape index (κ1) is 23.5. The summed E-state index contributed by atoms with van der Waals surface area (Å²) in [5.41, 5.74) is -5.91. The van der Waals surface area contributed by atoms with Crippen LogP contribution in [-0.4, -0.2) is 70.4 Å². The van der Waals surface area contributed by atoms with E-state index < -0.39 is 20.9 Å². The van der Waals surface area contributed by atoms with Gasteiger partial charge in [-0.15, -0.1) is 0 Å². The Labute approximate surface area is 158 Å². The van der Waals surface area contributed by atoms with Gasteiger partial charge in [-0.25, -0.2) is 8.42 Å². The van der Waals surface area contributed by atoms with Crippen LogP contribution in [0.15, 0.2) is 4.99 Å².